The van der Waals surface area contributed by atoms with Gasteiger partial charge >= 0.3 is 0 Å². The SMILES string of the molecule is c1ccc(Cn2ncc3c(SCc4cccc5ccccc45)ncnc32)cc1. The van der Waals surface area contributed by atoms with Gasteiger partial charge in [0, 0.05) is 5.75 Å². The van der Waals surface area contributed by atoms with E-state index in [1.807, 2.05) is 29.1 Å². The van der Waals surface area contributed by atoms with Gasteiger partial charge in [0.05, 0.1) is 18.1 Å². The highest BCUT2D eigenvalue weighted by atomic mass is 32.2. The molecule has 0 saturated carbocycles. The number of nitrogens with zero attached hydrogens (tertiary/aromatic N) is 4. The van der Waals surface area contributed by atoms with Crippen LogP contribution >= 0.6 is 11.8 Å². The smallest absolute Gasteiger partial charge is 0.162 e. The van der Waals surface area contributed by atoms with Crippen LogP contribution in [0.5, 0.6) is 0 Å². The van der Waals surface area contributed by atoms with Gasteiger partial charge in [0.1, 0.15) is 11.4 Å². The normalized spacial score (nSPS) is 11.3. The minimum Gasteiger partial charge on any atom is -0.243 e. The zero-order chi connectivity index (χ0) is 18.8. The monoisotopic (exact) mass is 382 g/mol. The maximum atomic E-state index is 4.56. The Kier molecular flexibility index (Phi) is 4.51. The maximum absolute atomic E-state index is 4.56. The molecule has 136 valence electrons. The van der Waals surface area contributed by atoms with Crippen LogP contribution in [-0.2, 0) is 12.3 Å². The molecule has 0 spiro atoms. The van der Waals surface area contributed by atoms with Gasteiger partial charge in [0.15, 0.2) is 5.65 Å². The highest BCUT2D eigenvalue weighted by Gasteiger charge is 2.11. The number of rotatable bonds is 5. The molecule has 0 N–H and O–H groups in total. The van der Waals surface area contributed by atoms with E-state index in [9.17, 15) is 0 Å². The molecule has 0 atom stereocenters. The van der Waals surface area contributed by atoms with Crippen LogP contribution in [0.25, 0.3) is 21.8 Å². The molecule has 0 amide bonds. The zero-order valence-corrected chi connectivity index (χ0v) is 16.0. The highest BCUT2D eigenvalue weighted by molar-refractivity contribution is 7.98. The predicted molar refractivity (Wildman–Crippen MR) is 114 cm³/mol. The topological polar surface area (TPSA) is 43.6 Å². The molecule has 0 aliphatic rings. The first-order chi connectivity index (χ1) is 13.9. The minimum atomic E-state index is 0.703. The van der Waals surface area contributed by atoms with Gasteiger partial charge in [-0.1, -0.05) is 72.8 Å². The van der Waals surface area contributed by atoms with Crippen molar-refractivity contribution in [1.82, 2.24) is 19.7 Å². The van der Waals surface area contributed by atoms with Crippen LogP contribution in [0.15, 0.2) is 90.3 Å². The van der Waals surface area contributed by atoms with Crippen LogP contribution in [0.3, 0.4) is 0 Å². The van der Waals surface area contributed by atoms with E-state index in [1.54, 1.807) is 18.1 Å². The molecule has 4 nitrogen and oxygen atoms in total. The number of aromatic nitrogens is 4. The van der Waals surface area contributed by atoms with E-state index in [4.69, 9.17) is 0 Å². The molecule has 0 radical (unpaired) electrons. The molecule has 5 aromatic rings. The summed E-state index contributed by atoms with van der Waals surface area (Å²) in [7, 11) is 0. The third kappa shape index (κ3) is 3.25. The van der Waals surface area contributed by atoms with Crippen molar-refractivity contribution < 1.29 is 0 Å². The summed E-state index contributed by atoms with van der Waals surface area (Å²) in [5.41, 5.74) is 3.39. The van der Waals surface area contributed by atoms with Crippen molar-refractivity contribution in [2.75, 3.05) is 0 Å². The van der Waals surface area contributed by atoms with Crippen molar-refractivity contribution in [1.29, 1.82) is 0 Å². The molecule has 0 aliphatic carbocycles. The molecule has 3 aromatic carbocycles. The zero-order valence-electron chi connectivity index (χ0n) is 15.2. The fourth-order valence-electron chi connectivity index (χ4n) is 3.42. The number of thioether (sulfide) groups is 1. The fourth-order valence-corrected chi connectivity index (χ4v) is 4.39. The second kappa shape index (κ2) is 7.44. The Bertz CT molecular complexity index is 1240. The van der Waals surface area contributed by atoms with Crippen LogP contribution in [0.1, 0.15) is 11.1 Å². The van der Waals surface area contributed by atoms with Gasteiger partial charge in [-0.05, 0) is 21.9 Å². The van der Waals surface area contributed by atoms with E-state index < -0.39 is 0 Å². The van der Waals surface area contributed by atoms with Crippen molar-refractivity contribution in [2.45, 2.75) is 17.3 Å². The van der Waals surface area contributed by atoms with Crippen molar-refractivity contribution in [2.24, 2.45) is 0 Å². The fraction of sp³-hybridized carbons (Fsp3) is 0.0870. The summed E-state index contributed by atoms with van der Waals surface area (Å²) in [5, 5.41) is 9.09. The highest BCUT2D eigenvalue weighted by Crippen LogP contribution is 2.30. The van der Waals surface area contributed by atoms with E-state index in [0.29, 0.717) is 6.54 Å². The van der Waals surface area contributed by atoms with Crippen molar-refractivity contribution in [3.05, 3.63) is 96.4 Å². The second-order valence-electron chi connectivity index (χ2n) is 6.63. The summed E-state index contributed by atoms with van der Waals surface area (Å²) < 4.78 is 1.94. The van der Waals surface area contributed by atoms with Gasteiger partial charge < -0.3 is 0 Å². The number of hydrogen-bond donors (Lipinski definition) is 0. The van der Waals surface area contributed by atoms with Gasteiger partial charge in [0.25, 0.3) is 0 Å². The Hall–Kier alpha value is -3.18. The van der Waals surface area contributed by atoms with E-state index in [1.165, 1.54) is 21.9 Å². The van der Waals surface area contributed by atoms with E-state index in [-0.39, 0.29) is 0 Å². The summed E-state index contributed by atoms with van der Waals surface area (Å²) in [6.07, 6.45) is 3.51. The third-order valence-corrected chi connectivity index (χ3v) is 5.87. The van der Waals surface area contributed by atoms with Crippen molar-refractivity contribution >= 4 is 33.6 Å². The predicted octanol–water partition coefficient (Wildman–Crippen LogP) is 5.32. The van der Waals surface area contributed by atoms with Gasteiger partial charge in [-0.25, -0.2) is 14.6 Å². The van der Waals surface area contributed by atoms with Gasteiger partial charge in [-0.2, -0.15) is 5.10 Å². The molecule has 2 heterocycles. The Morgan fingerprint density at radius 3 is 2.54 bits per heavy atom. The number of benzene rings is 3. The van der Waals surface area contributed by atoms with Crippen LogP contribution in [0.2, 0.25) is 0 Å². The minimum absolute atomic E-state index is 0.703. The van der Waals surface area contributed by atoms with E-state index >= 15 is 0 Å². The largest absolute Gasteiger partial charge is 0.243 e. The van der Waals surface area contributed by atoms with E-state index in [2.05, 4.69) is 69.7 Å². The third-order valence-electron chi connectivity index (χ3n) is 4.82. The van der Waals surface area contributed by atoms with Crippen LogP contribution < -0.4 is 0 Å². The van der Waals surface area contributed by atoms with Crippen molar-refractivity contribution in [3.63, 3.8) is 0 Å². The molecular weight excluding hydrogens is 364 g/mol. The molecule has 0 saturated heterocycles. The summed E-state index contributed by atoms with van der Waals surface area (Å²) in [5.74, 6) is 0.858. The molecule has 5 heteroatoms. The Morgan fingerprint density at radius 2 is 1.61 bits per heavy atom. The summed E-state index contributed by atoms with van der Waals surface area (Å²) >= 11 is 1.73. The summed E-state index contributed by atoms with van der Waals surface area (Å²) in [6.45, 7) is 0.703. The summed E-state index contributed by atoms with van der Waals surface area (Å²) in [6, 6.07) is 25.3. The Labute approximate surface area is 167 Å². The van der Waals surface area contributed by atoms with Crippen LogP contribution in [-0.4, -0.2) is 19.7 Å². The molecule has 28 heavy (non-hydrogen) atoms. The molecule has 0 bridgehead atoms. The lowest BCUT2D eigenvalue weighted by molar-refractivity contribution is 0.703. The lowest BCUT2D eigenvalue weighted by Crippen LogP contribution is -2.02. The Balaban J connectivity index is 1.43. The van der Waals surface area contributed by atoms with Crippen LogP contribution in [0.4, 0.5) is 0 Å². The standard InChI is InChI=1S/C23H18N4S/c1-2-7-17(8-3-1)14-27-22-21(13-26-27)23(25-16-24-22)28-15-19-11-6-10-18-9-4-5-12-20(18)19/h1-13,16H,14-15H2. The summed E-state index contributed by atoms with van der Waals surface area (Å²) in [4.78, 5) is 9.00. The average Bonchev–Trinajstić information content (AvgIpc) is 3.16. The second-order valence-corrected chi connectivity index (χ2v) is 7.59. The van der Waals surface area contributed by atoms with Gasteiger partial charge in [-0.3, -0.25) is 0 Å². The lowest BCUT2D eigenvalue weighted by Gasteiger charge is -2.07. The first-order valence-electron chi connectivity index (χ1n) is 9.18. The molecule has 0 fully saturated rings. The number of hydrogen-bond acceptors (Lipinski definition) is 4. The van der Waals surface area contributed by atoms with Crippen LogP contribution in [0, 0.1) is 0 Å². The molecular formula is C23H18N4S. The van der Waals surface area contributed by atoms with Gasteiger partial charge in [0.2, 0.25) is 0 Å². The maximum Gasteiger partial charge on any atom is 0.162 e. The van der Waals surface area contributed by atoms with E-state index in [0.717, 1.165) is 21.8 Å². The molecule has 2 aromatic heterocycles. The average molecular weight is 382 g/mol. The van der Waals surface area contributed by atoms with Crippen molar-refractivity contribution in [3.8, 4) is 0 Å². The van der Waals surface area contributed by atoms with Gasteiger partial charge in [-0.15, -0.1) is 11.8 Å². The Morgan fingerprint density at radius 1 is 0.786 bits per heavy atom. The number of fused-ring (bicyclic) bond motifs is 2. The molecule has 5 rings (SSSR count). The first kappa shape index (κ1) is 17.0. The first-order valence-corrected chi connectivity index (χ1v) is 10.2. The lowest BCUT2D eigenvalue weighted by atomic mass is 10.1. The molecule has 0 unspecified atom stereocenters. The quantitative estimate of drug-likeness (QED) is 0.305. The molecule has 0 aliphatic heterocycles.